The van der Waals surface area contributed by atoms with Gasteiger partial charge in [0, 0.05) is 12.1 Å². The molecule has 2 aromatic carbocycles. The van der Waals surface area contributed by atoms with Gasteiger partial charge in [-0.15, -0.1) is 0 Å². The normalized spacial score (nSPS) is 11.8. The molecule has 16 heteroatoms. The molecule has 3 aromatic rings. The first-order valence-electron chi connectivity index (χ1n) is 10.4. The van der Waals surface area contributed by atoms with Crippen molar-refractivity contribution in [1.29, 1.82) is 0 Å². The number of amides is 3. The fraction of sp³-hybridized carbons (Fsp3) is 0.136. The molecule has 38 heavy (non-hydrogen) atoms. The van der Waals surface area contributed by atoms with Crippen LogP contribution in [-0.4, -0.2) is 58.5 Å². The number of aromatic amines is 1. The Kier molecular flexibility index (Phi) is 8.06. The zero-order valence-electron chi connectivity index (χ0n) is 19.7. The summed E-state index contributed by atoms with van der Waals surface area (Å²) in [4.78, 5) is 80.0. The number of nitrogens with zero attached hydrogens (tertiary/aromatic N) is 3. The third-order valence-corrected chi connectivity index (χ3v) is 4.98. The van der Waals surface area contributed by atoms with E-state index in [4.69, 9.17) is 10.5 Å². The number of nitrogens with one attached hydrogen (secondary N) is 3. The van der Waals surface area contributed by atoms with Gasteiger partial charge in [-0.25, -0.2) is 20.0 Å². The van der Waals surface area contributed by atoms with E-state index in [-0.39, 0.29) is 28.2 Å². The van der Waals surface area contributed by atoms with Gasteiger partial charge in [-0.3, -0.25) is 24.5 Å². The number of hydrogen-bond donors (Lipinski definition) is 4. The monoisotopic (exact) mass is 525 g/mol. The molecule has 0 saturated heterocycles. The van der Waals surface area contributed by atoms with Crippen molar-refractivity contribution in [2.75, 3.05) is 19.5 Å². The molecule has 0 saturated carbocycles. The highest BCUT2D eigenvalue weighted by Crippen LogP contribution is 2.25. The average Bonchev–Trinajstić information content (AvgIpc) is 2.89. The predicted molar refractivity (Wildman–Crippen MR) is 131 cm³/mol. The van der Waals surface area contributed by atoms with Crippen molar-refractivity contribution in [1.82, 2.24) is 15.4 Å². The van der Waals surface area contributed by atoms with E-state index < -0.39 is 51.5 Å². The number of primary amides is 1. The summed E-state index contributed by atoms with van der Waals surface area (Å²) >= 11 is 0. The van der Waals surface area contributed by atoms with Crippen molar-refractivity contribution in [2.24, 2.45) is 10.8 Å². The molecule has 196 valence electrons. The number of esters is 1. The number of para-hydroxylation sites is 2. The van der Waals surface area contributed by atoms with Gasteiger partial charge < -0.3 is 25.5 Å². The van der Waals surface area contributed by atoms with Crippen molar-refractivity contribution >= 4 is 51.8 Å². The van der Waals surface area contributed by atoms with Crippen LogP contribution in [0, 0.1) is 10.1 Å². The number of non-ortho nitro benzene ring substituents is 1. The predicted octanol–water partition coefficient (Wildman–Crippen LogP) is 0.329. The number of hydrogen-bond acceptors (Lipinski definition) is 11. The van der Waals surface area contributed by atoms with Gasteiger partial charge in [0.15, 0.2) is 5.71 Å². The minimum atomic E-state index is -2.10. The van der Waals surface area contributed by atoms with Gasteiger partial charge >= 0.3 is 12.0 Å². The number of aromatic nitrogens is 2. The minimum Gasteiger partial charge on any atom is -0.495 e. The van der Waals surface area contributed by atoms with E-state index in [0.717, 1.165) is 19.2 Å². The average molecular weight is 525 g/mol. The summed E-state index contributed by atoms with van der Waals surface area (Å²) < 4.78 is 9.75. The molecule has 0 unspecified atom stereocenters. The maximum atomic E-state index is 13.4. The van der Waals surface area contributed by atoms with Crippen LogP contribution in [0.3, 0.4) is 0 Å². The lowest BCUT2D eigenvalue weighted by Gasteiger charge is -2.16. The van der Waals surface area contributed by atoms with Crippen LogP contribution in [0.2, 0.25) is 0 Å². The van der Waals surface area contributed by atoms with E-state index in [1.165, 1.54) is 25.3 Å². The third kappa shape index (κ3) is 5.76. The van der Waals surface area contributed by atoms with E-state index in [1.807, 2.05) is 0 Å². The summed E-state index contributed by atoms with van der Waals surface area (Å²) in [7, 11) is 2.26. The lowest BCUT2D eigenvalue weighted by molar-refractivity contribution is -0.384. The van der Waals surface area contributed by atoms with Gasteiger partial charge in [-0.2, -0.15) is 5.10 Å². The van der Waals surface area contributed by atoms with Crippen molar-refractivity contribution in [3.8, 4) is 5.75 Å². The van der Waals surface area contributed by atoms with Gasteiger partial charge in [-0.05, 0) is 18.2 Å². The summed E-state index contributed by atoms with van der Waals surface area (Å²) in [5.41, 5.74) is 3.73. The Labute approximate surface area is 212 Å². The molecule has 0 aliphatic rings. The number of ether oxygens (including phenoxy) is 2. The first kappa shape index (κ1) is 26.9. The smallest absolute Gasteiger partial charge is 0.355 e. The molecule has 0 spiro atoms. The molecule has 3 amide bonds. The molecule has 1 atom stereocenters. The summed E-state index contributed by atoms with van der Waals surface area (Å²) in [5.74, 6) is -5.91. The number of carbonyl (C=O) groups is 4. The third-order valence-electron chi connectivity index (χ3n) is 4.98. The molecule has 0 bridgehead atoms. The maximum absolute atomic E-state index is 13.4. The molecule has 0 aliphatic heterocycles. The largest absolute Gasteiger partial charge is 0.495 e. The Morgan fingerprint density at radius 2 is 1.87 bits per heavy atom. The van der Waals surface area contributed by atoms with Gasteiger partial charge in [0.1, 0.15) is 17.4 Å². The maximum Gasteiger partial charge on any atom is 0.355 e. The quantitative estimate of drug-likeness (QED) is 0.0981. The zero-order chi connectivity index (χ0) is 28.0. The van der Waals surface area contributed by atoms with E-state index in [2.05, 4.69) is 25.1 Å². The van der Waals surface area contributed by atoms with Crippen molar-refractivity contribution in [2.45, 2.75) is 5.92 Å². The second kappa shape index (κ2) is 11.4. The van der Waals surface area contributed by atoms with Crippen LogP contribution in [0.5, 0.6) is 5.75 Å². The Morgan fingerprint density at radius 3 is 2.50 bits per heavy atom. The summed E-state index contributed by atoms with van der Waals surface area (Å²) in [5, 5.41) is 16.9. The van der Waals surface area contributed by atoms with Crippen LogP contribution in [0.4, 0.5) is 16.2 Å². The first-order valence-corrected chi connectivity index (χ1v) is 10.4. The zero-order valence-corrected chi connectivity index (χ0v) is 19.7. The number of rotatable bonds is 9. The number of nitrogens with two attached hydrogens (primary N) is 1. The standard InChI is InChI=1S/C22H19N7O9/c1-37-14-6-4-3-5-12(14)25-20(32)18(30)15(17(21(33)38-2)27-28-22(23)34)16-19(31)26-13-9-10(29(35)36)7-8-11(13)24-16/h3-9,15H,1-2H3,(H,25,32)(H,26,31)(H3,23,28,34)/b27-17-/t15-/m0/s1. The van der Waals surface area contributed by atoms with E-state index >= 15 is 0 Å². The highest BCUT2D eigenvalue weighted by molar-refractivity contribution is 6.53. The first-order chi connectivity index (χ1) is 18.1. The van der Waals surface area contributed by atoms with Gasteiger partial charge in [0.25, 0.3) is 17.2 Å². The summed E-state index contributed by atoms with van der Waals surface area (Å²) in [6, 6.07) is 8.16. The number of hydrazone groups is 1. The lowest BCUT2D eigenvalue weighted by Crippen LogP contribution is -2.41. The van der Waals surface area contributed by atoms with Gasteiger partial charge in [0.2, 0.25) is 5.78 Å². The molecule has 3 rings (SSSR count). The molecular weight excluding hydrogens is 506 g/mol. The number of methoxy groups -OCH3 is 2. The molecular formula is C22H19N7O9. The number of nitro groups is 1. The molecule has 1 aromatic heterocycles. The summed E-state index contributed by atoms with van der Waals surface area (Å²) in [6.07, 6.45) is 0. The van der Waals surface area contributed by atoms with Crippen LogP contribution in [0.15, 0.2) is 52.4 Å². The number of urea groups is 1. The molecule has 0 aliphatic carbocycles. The minimum absolute atomic E-state index is 0.0276. The Bertz CT molecular complexity index is 1550. The van der Waals surface area contributed by atoms with Crippen LogP contribution in [0.1, 0.15) is 11.6 Å². The SMILES string of the molecule is COC(=O)/C(=N\NC(N)=O)[C@@H](C(=O)C(=O)Nc1ccccc1OC)c1nc2ccc([N+](=O)[O-])cc2[nH]c1=O. The Hall–Kier alpha value is -5.67. The van der Waals surface area contributed by atoms with Crippen LogP contribution >= 0.6 is 0 Å². The van der Waals surface area contributed by atoms with Gasteiger partial charge in [0.05, 0.1) is 35.9 Å². The number of ketones is 1. The number of carbonyl (C=O) groups excluding carboxylic acids is 4. The van der Waals surface area contributed by atoms with Crippen LogP contribution < -0.4 is 26.8 Å². The topological polar surface area (TPSA) is 238 Å². The number of nitro benzene ring substituents is 1. The van der Waals surface area contributed by atoms with Crippen molar-refractivity contribution in [3.63, 3.8) is 0 Å². The molecule has 0 radical (unpaired) electrons. The second-order valence-electron chi connectivity index (χ2n) is 7.33. The van der Waals surface area contributed by atoms with E-state index in [9.17, 15) is 34.1 Å². The lowest BCUT2D eigenvalue weighted by atomic mass is 9.93. The number of fused-ring (bicyclic) bond motifs is 1. The van der Waals surface area contributed by atoms with E-state index in [0.29, 0.717) is 0 Å². The number of Topliss-reactive ketones (excluding diaryl/α,β-unsaturated/α-hetero) is 1. The number of benzene rings is 2. The molecule has 1 heterocycles. The molecule has 16 nitrogen and oxygen atoms in total. The van der Waals surface area contributed by atoms with Gasteiger partial charge in [-0.1, -0.05) is 12.1 Å². The highest BCUT2D eigenvalue weighted by atomic mass is 16.6. The van der Waals surface area contributed by atoms with Crippen molar-refractivity contribution < 1.29 is 33.6 Å². The Balaban J connectivity index is 2.19. The molecule has 5 N–H and O–H groups in total. The van der Waals surface area contributed by atoms with Crippen LogP contribution in [-0.2, 0) is 19.1 Å². The van der Waals surface area contributed by atoms with E-state index in [1.54, 1.807) is 17.6 Å². The molecule has 0 fully saturated rings. The number of H-pyrrole nitrogens is 1. The summed E-state index contributed by atoms with van der Waals surface area (Å²) in [6.45, 7) is 0. The fourth-order valence-electron chi connectivity index (χ4n) is 3.29. The second-order valence-corrected chi connectivity index (χ2v) is 7.33. The number of anilines is 1. The van der Waals surface area contributed by atoms with Crippen molar-refractivity contribution in [3.05, 3.63) is 68.6 Å². The Morgan fingerprint density at radius 1 is 1.16 bits per heavy atom. The highest BCUT2D eigenvalue weighted by Gasteiger charge is 2.39. The fourth-order valence-corrected chi connectivity index (χ4v) is 3.29. The van der Waals surface area contributed by atoms with Crippen LogP contribution in [0.25, 0.3) is 11.0 Å².